The van der Waals surface area contributed by atoms with Crippen molar-refractivity contribution >= 4 is 35.0 Å². The third kappa shape index (κ3) is 4.67. The lowest BCUT2D eigenvalue weighted by atomic mass is 10.0. The van der Waals surface area contributed by atoms with Crippen LogP contribution in [0.15, 0.2) is 53.4 Å². The maximum atomic E-state index is 12.2. The average Bonchev–Trinajstić information content (AvgIpc) is 3.06. The maximum absolute atomic E-state index is 12.2. The van der Waals surface area contributed by atoms with Gasteiger partial charge in [0.2, 0.25) is 11.8 Å². The van der Waals surface area contributed by atoms with Crippen LogP contribution in [-0.2, 0) is 9.59 Å². The Bertz CT molecular complexity index is 787. The van der Waals surface area contributed by atoms with E-state index in [4.69, 9.17) is 0 Å². The van der Waals surface area contributed by atoms with Crippen molar-refractivity contribution < 1.29 is 9.59 Å². The maximum Gasteiger partial charge on any atom is 0.234 e. The van der Waals surface area contributed by atoms with Crippen molar-refractivity contribution in [1.82, 2.24) is 0 Å². The van der Waals surface area contributed by atoms with E-state index in [-0.39, 0.29) is 11.8 Å². The number of carbonyl (C=O) groups is 2. The van der Waals surface area contributed by atoms with Gasteiger partial charge in [0.25, 0.3) is 0 Å². The van der Waals surface area contributed by atoms with Gasteiger partial charge in [-0.3, -0.25) is 9.59 Å². The Morgan fingerprint density at radius 1 is 1.19 bits per heavy atom. The smallest absolute Gasteiger partial charge is 0.234 e. The second kappa shape index (κ2) is 8.41. The largest absolute Gasteiger partial charge is 0.325 e. The van der Waals surface area contributed by atoms with Crippen molar-refractivity contribution in [3.05, 3.63) is 54.1 Å². The zero-order chi connectivity index (χ0) is 18.5. The number of anilines is 2. The molecule has 0 spiro atoms. The lowest BCUT2D eigenvalue weighted by Crippen LogP contribution is -2.23. The predicted octanol–water partition coefficient (Wildman–Crippen LogP) is 4.67. The highest BCUT2D eigenvalue weighted by Crippen LogP contribution is 2.25. The highest BCUT2D eigenvalue weighted by atomic mass is 32.2. The van der Waals surface area contributed by atoms with Crippen LogP contribution >= 0.6 is 11.8 Å². The fourth-order valence-corrected chi connectivity index (χ4v) is 3.67. The first-order chi connectivity index (χ1) is 12.5. The summed E-state index contributed by atoms with van der Waals surface area (Å²) >= 11 is 1.52. The normalized spacial score (nSPS) is 14.1. The molecule has 0 bridgehead atoms. The summed E-state index contributed by atoms with van der Waals surface area (Å²) in [6, 6.07) is 15.8. The molecule has 2 amide bonds. The van der Waals surface area contributed by atoms with E-state index in [1.807, 2.05) is 24.3 Å². The molecule has 1 fully saturated rings. The van der Waals surface area contributed by atoms with Gasteiger partial charge in [0, 0.05) is 29.2 Å². The summed E-state index contributed by atoms with van der Waals surface area (Å²) in [5.41, 5.74) is 2.87. The molecule has 0 unspecified atom stereocenters. The van der Waals surface area contributed by atoms with Gasteiger partial charge in [0.15, 0.2) is 0 Å². The molecule has 3 rings (SSSR count). The van der Waals surface area contributed by atoms with Crippen LogP contribution in [0.3, 0.4) is 0 Å². The van der Waals surface area contributed by atoms with Crippen molar-refractivity contribution in [3.63, 3.8) is 0 Å². The topological polar surface area (TPSA) is 49.4 Å². The number of hydrogen-bond acceptors (Lipinski definition) is 3. The Balaban J connectivity index is 1.55. The molecule has 136 valence electrons. The van der Waals surface area contributed by atoms with Gasteiger partial charge in [-0.15, -0.1) is 11.8 Å². The quantitative estimate of drug-likeness (QED) is 0.754. The molecule has 0 saturated carbocycles. The number of carbonyl (C=O) groups excluding carboxylic acids is 2. The van der Waals surface area contributed by atoms with E-state index in [1.165, 1.54) is 17.3 Å². The number of amides is 2. The lowest BCUT2D eigenvalue weighted by molar-refractivity contribution is -0.117. The molecule has 0 radical (unpaired) electrons. The van der Waals surface area contributed by atoms with Crippen LogP contribution in [0.5, 0.6) is 0 Å². The molecule has 1 heterocycles. The molecule has 1 N–H and O–H groups in total. The van der Waals surface area contributed by atoms with Gasteiger partial charge < -0.3 is 10.2 Å². The third-order valence-corrected chi connectivity index (χ3v) is 5.44. The predicted molar refractivity (Wildman–Crippen MR) is 108 cm³/mol. The molecule has 0 aromatic heterocycles. The van der Waals surface area contributed by atoms with Crippen LogP contribution < -0.4 is 10.2 Å². The monoisotopic (exact) mass is 368 g/mol. The second-order valence-corrected chi connectivity index (χ2v) is 7.81. The first kappa shape index (κ1) is 18.5. The molecule has 2 aromatic rings. The molecule has 1 saturated heterocycles. The average molecular weight is 369 g/mol. The summed E-state index contributed by atoms with van der Waals surface area (Å²) < 4.78 is 0. The SMILES string of the molecule is CC(C)c1ccc(SCC(=O)Nc2cccc(N3CCCC3=O)c2)cc1. The number of rotatable bonds is 6. The van der Waals surface area contributed by atoms with E-state index in [2.05, 4.69) is 43.4 Å². The first-order valence-corrected chi connectivity index (χ1v) is 9.94. The van der Waals surface area contributed by atoms with Crippen LogP contribution in [0.1, 0.15) is 38.2 Å². The molecule has 5 heteroatoms. The zero-order valence-electron chi connectivity index (χ0n) is 15.2. The minimum absolute atomic E-state index is 0.0483. The van der Waals surface area contributed by atoms with Crippen molar-refractivity contribution in [2.45, 2.75) is 37.5 Å². The van der Waals surface area contributed by atoms with Crippen molar-refractivity contribution in [1.29, 1.82) is 0 Å². The van der Waals surface area contributed by atoms with Crippen molar-refractivity contribution in [2.75, 3.05) is 22.5 Å². The first-order valence-electron chi connectivity index (χ1n) is 8.96. The van der Waals surface area contributed by atoms with E-state index < -0.39 is 0 Å². The Labute approximate surface area is 159 Å². The third-order valence-electron chi connectivity index (χ3n) is 4.43. The van der Waals surface area contributed by atoms with Crippen LogP contribution in [0, 0.1) is 0 Å². The number of hydrogen-bond donors (Lipinski definition) is 1. The fourth-order valence-electron chi connectivity index (χ4n) is 2.97. The molecule has 1 aliphatic heterocycles. The number of benzene rings is 2. The van der Waals surface area contributed by atoms with Crippen LogP contribution in [-0.4, -0.2) is 24.1 Å². The lowest BCUT2D eigenvalue weighted by Gasteiger charge is -2.16. The number of nitrogens with one attached hydrogen (secondary N) is 1. The summed E-state index contributed by atoms with van der Waals surface area (Å²) in [5.74, 6) is 0.960. The molecule has 26 heavy (non-hydrogen) atoms. The summed E-state index contributed by atoms with van der Waals surface area (Å²) in [6.07, 6.45) is 1.49. The molecule has 0 atom stereocenters. The van der Waals surface area contributed by atoms with Gasteiger partial charge in [-0.05, 0) is 48.2 Å². The molecular weight excluding hydrogens is 344 g/mol. The van der Waals surface area contributed by atoms with Crippen molar-refractivity contribution in [2.24, 2.45) is 0 Å². The van der Waals surface area contributed by atoms with Gasteiger partial charge in [-0.2, -0.15) is 0 Å². The van der Waals surface area contributed by atoms with Gasteiger partial charge in [0.1, 0.15) is 0 Å². The van der Waals surface area contributed by atoms with Crippen LogP contribution in [0.2, 0.25) is 0 Å². The van der Waals surface area contributed by atoms with Crippen molar-refractivity contribution in [3.8, 4) is 0 Å². The van der Waals surface area contributed by atoms with E-state index in [0.717, 1.165) is 29.2 Å². The van der Waals surface area contributed by atoms with E-state index in [0.29, 0.717) is 18.1 Å². The minimum atomic E-state index is -0.0483. The number of nitrogens with zero attached hydrogens (tertiary/aromatic N) is 1. The van der Waals surface area contributed by atoms with E-state index in [9.17, 15) is 9.59 Å². The highest BCUT2D eigenvalue weighted by molar-refractivity contribution is 8.00. The Morgan fingerprint density at radius 2 is 1.96 bits per heavy atom. The van der Waals surface area contributed by atoms with Gasteiger partial charge in [-0.25, -0.2) is 0 Å². The Hall–Kier alpha value is -2.27. The van der Waals surface area contributed by atoms with Crippen LogP contribution in [0.4, 0.5) is 11.4 Å². The molecule has 2 aromatic carbocycles. The summed E-state index contributed by atoms with van der Waals surface area (Å²) in [5, 5.41) is 2.92. The molecule has 0 aliphatic carbocycles. The summed E-state index contributed by atoms with van der Waals surface area (Å²) in [4.78, 5) is 27.0. The summed E-state index contributed by atoms with van der Waals surface area (Å²) in [7, 11) is 0. The zero-order valence-corrected chi connectivity index (χ0v) is 16.0. The van der Waals surface area contributed by atoms with Gasteiger partial charge in [-0.1, -0.05) is 32.0 Å². The van der Waals surface area contributed by atoms with Gasteiger partial charge in [0.05, 0.1) is 5.75 Å². The molecule has 1 aliphatic rings. The highest BCUT2D eigenvalue weighted by Gasteiger charge is 2.21. The number of thioether (sulfide) groups is 1. The van der Waals surface area contributed by atoms with Crippen LogP contribution in [0.25, 0.3) is 0 Å². The molecule has 4 nitrogen and oxygen atoms in total. The Kier molecular flexibility index (Phi) is 5.99. The van der Waals surface area contributed by atoms with E-state index >= 15 is 0 Å². The summed E-state index contributed by atoms with van der Waals surface area (Å²) in [6.45, 7) is 5.08. The molecular formula is C21H24N2O2S. The Morgan fingerprint density at radius 3 is 2.62 bits per heavy atom. The minimum Gasteiger partial charge on any atom is -0.325 e. The second-order valence-electron chi connectivity index (χ2n) is 6.76. The fraction of sp³-hybridized carbons (Fsp3) is 0.333. The van der Waals surface area contributed by atoms with Gasteiger partial charge >= 0.3 is 0 Å². The van der Waals surface area contributed by atoms with E-state index in [1.54, 1.807) is 4.90 Å². The standard InChI is InChI=1S/C21H24N2O2S/c1-15(2)16-8-10-19(11-9-16)26-14-20(24)22-17-5-3-6-18(13-17)23-12-4-7-21(23)25/h3,5-6,8-11,13,15H,4,7,12,14H2,1-2H3,(H,22,24).